The first kappa shape index (κ1) is 27.5. The van der Waals surface area contributed by atoms with Crippen LogP contribution in [0.25, 0.3) is 11.1 Å². The molecule has 38 heavy (non-hydrogen) atoms. The molecule has 2 aromatic heterocycles. The van der Waals surface area contributed by atoms with Crippen LogP contribution < -0.4 is 15.4 Å². The number of nitrogens with one attached hydrogen (secondary N) is 2. The lowest BCUT2D eigenvalue weighted by Gasteiger charge is -2.30. The smallest absolute Gasteiger partial charge is 0.270 e. The number of carbonyl (C=O) groups is 2. The Kier molecular flexibility index (Phi) is 8.96. The average molecular weight is 544 g/mol. The third kappa shape index (κ3) is 6.14. The Balaban J connectivity index is 1.55. The van der Waals surface area contributed by atoms with E-state index in [1.807, 2.05) is 0 Å². The maximum atomic E-state index is 15.2. The largest absolute Gasteiger partial charge is 0.618 e. The molecule has 202 valence electrons. The van der Waals surface area contributed by atoms with Crippen molar-refractivity contribution in [2.45, 2.75) is 51.6 Å². The Labute approximate surface area is 225 Å². The van der Waals surface area contributed by atoms with Gasteiger partial charge in [0.15, 0.2) is 11.9 Å². The Morgan fingerprint density at radius 3 is 2.74 bits per heavy atom. The molecular formula is C27H31ClFN5O4. The van der Waals surface area contributed by atoms with E-state index < -0.39 is 23.7 Å². The molecule has 0 radical (unpaired) electrons. The molecule has 2 heterocycles. The molecule has 2 amide bonds. The molecule has 11 heteroatoms. The Bertz CT molecular complexity index is 1310. The van der Waals surface area contributed by atoms with Crippen molar-refractivity contribution >= 4 is 29.1 Å². The summed E-state index contributed by atoms with van der Waals surface area (Å²) < 4.78 is 22.4. The summed E-state index contributed by atoms with van der Waals surface area (Å²) in [5.41, 5.74) is 1.26. The second-order valence-corrected chi connectivity index (χ2v) is 9.82. The summed E-state index contributed by atoms with van der Waals surface area (Å²) in [7, 11) is 1.57. The van der Waals surface area contributed by atoms with Gasteiger partial charge in [-0.1, -0.05) is 30.9 Å². The second kappa shape index (κ2) is 12.4. The summed E-state index contributed by atoms with van der Waals surface area (Å²) in [4.78, 5) is 26.6. The number of hydrogen-bond acceptors (Lipinski definition) is 5. The number of halogens is 2. The van der Waals surface area contributed by atoms with Gasteiger partial charge in [0, 0.05) is 37.5 Å². The number of aromatic nitrogens is 3. The first-order valence-corrected chi connectivity index (χ1v) is 13.0. The summed E-state index contributed by atoms with van der Waals surface area (Å²) in [6.45, 7) is 2.34. The lowest BCUT2D eigenvalue weighted by atomic mass is 9.83. The molecule has 1 fully saturated rings. The third-order valence-corrected chi connectivity index (χ3v) is 7.26. The highest BCUT2D eigenvalue weighted by Crippen LogP contribution is 2.33. The fourth-order valence-electron chi connectivity index (χ4n) is 4.91. The van der Waals surface area contributed by atoms with Gasteiger partial charge in [-0.25, -0.2) is 4.39 Å². The lowest BCUT2D eigenvalue weighted by molar-refractivity contribution is -0.611. The van der Waals surface area contributed by atoms with Gasteiger partial charge in [-0.3, -0.25) is 14.3 Å². The van der Waals surface area contributed by atoms with Crippen LogP contribution in [-0.2, 0) is 16.1 Å². The number of hydrogen-bond donors (Lipinski definition) is 2. The highest BCUT2D eigenvalue weighted by Gasteiger charge is 2.32. The molecule has 3 aromatic rings. The molecule has 1 aromatic carbocycles. The van der Waals surface area contributed by atoms with Crippen molar-refractivity contribution in [3.63, 3.8) is 0 Å². The number of nitrogens with zero attached hydrogens (tertiary/aromatic N) is 3. The molecule has 9 nitrogen and oxygen atoms in total. The third-order valence-electron chi connectivity index (χ3n) is 6.94. The van der Waals surface area contributed by atoms with E-state index in [1.165, 1.54) is 35.3 Å². The van der Waals surface area contributed by atoms with Crippen LogP contribution in [0.15, 0.2) is 42.7 Å². The molecule has 1 saturated carbocycles. The molecule has 1 atom stereocenters. The number of rotatable bonds is 9. The van der Waals surface area contributed by atoms with E-state index in [4.69, 9.17) is 16.3 Å². The van der Waals surface area contributed by atoms with E-state index in [0.29, 0.717) is 23.6 Å². The van der Waals surface area contributed by atoms with Crippen LogP contribution in [0, 0.1) is 23.9 Å². The number of carbonyl (C=O) groups excluding carboxylic acids is 2. The van der Waals surface area contributed by atoms with Crippen LogP contribution >= 0.6 is 11.6 Å². The van der Waals surface area contributed by atoms with E-state index in [1.54, 1.807) is 26.2 Å². The molecule has 0 aliphatic heterocycles. The normalized spacial score (nSPS) is 14.7. The van der Waals surface area contributed by atoms with Gasteiger partial charge in [-0.15, -0.1) is 0 Å². The zero-order chi connectivity index (χ0) is 27.2. The summed E-state index contributed by atoms with van der Waals surface area (Å²) in [5.74, 6) is -1.53. The van der Waals surface area contributed by atoms with E-state index in [-0.39, 0.29) is 33.4 Å². The standard InChI is InChI=1S/C27H31ClFN5O4/c1-17-24(21(28)11-13-34(17)37)20-9-8-19(16-22(20)29)31-27(36)25(18-6-4-3-5-7-18)32-26(35)23-10-12-30-33(23)14-15-38-2/h8-13,16,18,25H,3-7,14-15H2,1-2H3,(H,31,36)(H,32,35). The number of amides is 2. The van der Waals surface area contributed by atoms with Gasteiger partial charge < -0.3 is 20.6 Å². The molecule has 0 bridgehead atoms. The van der Waals surface area contributed by atoms with Gasteiger partial charge in [0.1, 0.15) is 17.6 Å². The van der Waals surface area contributed by atoms with E-state index in [2.05, 4.69) is 15.7 Å². The van der Waals surface area contributed by atoms with Gasteiger partial charge in [-0.2, -0.15) is 9.83 Å². The predicted octanol–water partition coefficient (Wildman–Crippen LogP) is 4.25. The van der Waals surface area contributed by atoms with Crippen LogP contribution in [0.2, 0.25) is 5.02 Å². The van der Waals surface area contributed by atoms with Crippen LogP contribution in [0.5, 0.6) is 0 Å². The van der Waals surface area contributed by atoms with Crippen molar-refractivity contribution in [3.05, 3.63) is 70.2 Å². The second-order valence-electron chi connectivity index (χ2n) is 9.42. The first-order chi connectivity index (χ1) is 18.3. The number of benzene rings is 1. The predicted molar refractivity (Wildman–Crippen MR) is 141 cm³/mol. The maximum Gasteiger partial charge on any atom is 0.270 e. The van der Waals surface area contributed by atoms with Crippen LogP contribution in [-0.4, -0.2) is 41.4 Å². The zero-order valence-corrected chi connectivity index (χ0v) is 22.1. The highest BCUT2D eigenvalue weighted by atomic mass is 35.5. The molecule has 0 spiro atoms. The van der Waals surface area contributed by atoms with Crippen LogP contribution in [0.3, 0.4) is 0 Å². The molecule has 2 N–H and O–H groups in total. The fourth-order valence-corrected chi connectivity index (χ4v) is 5.21. The quantitative estimate of drug-likeness (QED) is 0.309. The first-order valence-electron chi connectivity index (χ1n) is 12.6. The molecule has 1 unspecified atom stereocenters. The molecule has 1 aliphatic carbocycles. The van der Waals surface area contributed by atoms with Crippen molar-refractivity contribution in [3.8, 4) is 11.1 Å². The van der Waals surface area contributed by atoms with Gasteiger partial charge >= 0.3 is 0 Å². The lowest BCUT2D eigenvalue weighted by Crippen LogP contribution is -2.49. The van der Waals surface area contributed by atoms with Gasteiger partial charge in [0.2, 0.25) is 5.91 Å². The van der Waals surface area contributed by atoms with Gasteiger partial charge in [-0.05, 0) is 43.0 Å². The van der Waals surface area contributed by atoms with Crippen molar-refractivity contribution in [2.24, 2.45) is 5.92 Å². The molecule has 1 aliphatic rings. The van der Waals surface area contributed by atoms with Crippen molar-refractivity contribution < 1.29 is 23.4 Å². The fraction of sp³-hybridized carbons (Fsp3) is 0.407. The SMILES string of the molecule is COCCn1nccc1C(=O)NC(C(=O)Nc1ccc(-c2c(Cl)cc[n+]([O-])c2C)c(F)c1)C1CCCCC1. The summed E-state index contributed by atoms with van der Waals surface area (Å²) >= 11 is 6.25. The number of ether oxygens (including phenoxy) is 1. The topological polar surface area (TPSA) is 112 Å². The van der Waals surface area contributed by atoms with E-state index in [9.17, 15) is 14.8 Å². The summed E-state index contributed by atoms with van der Waals surface area (Å²) in [6.07, 6.45) is 7.41. The van der Waals surface area contributed by atoms with Crippen molar-refractivity contribution in [2.75, 3.05) is 19.0 Å². The summed E-state index contributed by atoms with van der Waals surface area (Å²) in [5, 5.41) is 22.1. The van der Waals surface area contributed by atoms with Crippen molar-refractivity contribution in [1.29, 1.82) is 0 Å². The Morgan fingerprint density at radius 1 is 1.26 bits per heavy atom. The Morgan fingerprint density at radius 2 is 2.03 bits per heavy atom. The maximum absolute atomic E-state index is 15.2. The Hall–Kier alpha value is -3.50. The number of methoxy groups -OCH3 is 1. The van der Waals surface area contributed by atoms with E-state index >= 15 is 4.39 Å². The van der Waals surface area contributed by atoms with Gasteiger partial charge in [0.05, 0.1) is 23.7 Å². The summed E-state index contributed by atoms with van der Waals surface area (Å²) in [6, 6.07) is 6.41. The number of anilines is 1. The minimum atomic E-state index is -0.804. The highest BCUT2D eigenvalue weighted by molar-refractivity contribution is 6.33. The molecule has 0 saturated heterocycles. The van der Waals surface area contributed by atoms with Crippen molar-refractivity contribution in [1.82, 2.24) is 15.1 Å². The monoisotopic (exact) mass is 543 g/mol. The molecule has 4 rings (SSSR count). The van der Waals surface area contributed by atoms with E-state index in [0.717, 1.165) is 32.1 Å². The minimum Gasteiger partial charge on any atom is -0.618 e. The average Bonchev–Trinajstić information content (AvgIpc) is 3.38. The minimum absolute atomic E-state index is 0.0505. The van der Waals surface area contributed by atoms with Crippen LogP contribution in [0.1, 0.15) is 48.3 Å². The zero-order valence-electron chi connectivity index (χ0n) is 21.4. The van der Waals surface area contributed by atoms with Crippen LogP contribution in [0.4, 0.5) is 10.1 Å². The number of pyridine rings is 1. The molecular weight excluding hydrogens is 513 g/mol. The van der Waals surface area contributed by atoms with Gasteiger partial charge in [0.25, 0.3) is 5.91 Å².